The Kier molecular flexibility index (Phi) is 4.18. The summed E-state index contributed by atoms with van der Waals surface area (Å²) in [5.41, 5.74) is 5.58. The first-order valence-electron chi connectivity index (χ1n) is 7.82. The summed E-state index contributed by atoms with van der Waals surface area (Å²) in [6.45, 7) is 0. The van der Waals surface area contributed by atoms with Crippen LogP contribution in [-0.4, -0.2) is 30.9 Å². The Balaban J connectivity index is 1.91. The summed E-state index contributed by atoms with van der Waals surface area (Å²) in [5.74, 6) is -2.50. The van der Waals surface area contributed by atoms with Crippen LogP contribution in [0.15, 0.2) is 24.3 Å². The minimum atomic E-state index is -1.13. The summed E-state index contributed by atoms with van der Waals surface area (Å²) in [7, 11) is 1.67. The highest BCUT2D eigenvalue weighted by Gasteiger charge is 2.43. The molecule has 2 fully saturated rings. The Labute approximate surface area is 143 Å². The minimum Gasteiger partial charge on any atom is -0.393 e. The van der Waals surface area contributed by atoms with Gasteiger partial charge in [-0.1, -0.05) is 24.3 Å². The molecule has 8 nitrogen and oxygen atoms in total. The highest BCUT2D eigenvalue weighted by atomic mass is 16.6. The number of cyclic esters (lactones) is 4. The summed E-state index contributed by atoms with van der Waals surface area (Å²) in [6, 6.07) is 6.86. The Bertz CT molecular complexity index is 723. The topological polar surface area (TPSA) is 125 Å². The van der Waals surface area contributed by atoms with Crippen LogP contribution in [0.1, 0.15) is 36.8 Å². The monoisotopic (exact) mass is 346 g/mol. The summed E-state index contributed by atoms with van der Waals surface area (Å²) in [6.07, 6.45) is -0.152. The lowest BCUT2D eigenvalue weighted by Crippen LogP contribution is -2.48. The van der Waals surface area contributed by atoms with E-state index < -0.39 is 35.0 Å². The molecule has 0 aromatic heterocycles. The summed E-state index contributed by atoms with van der Waals surface area (Å²) in [4.78, 5) is 46.4. The van der Waals surface area contributed by atoms with Gasteiger partial charge in [0.1, 0.15) is 0 Å². The fraction of sp³-hybridized carbons (Fsp3) is 0.412. The quantitative estimate of drug-likeness (QED) is 0.578. The van der Waals surface area contributed by atoms with Gasteiger partial charge in [0.2, 0.25) is 0 Å². The van der Waals surface area contributed by atoms with Crippen LogP contribution in [0, 0.1) is 0 Å². The van der Waals surface area contributed by atoms with Gasteiger partial charge >= 0.3 is 23.9 Å². The lowest BCUT2D eigenvalue weighted by molar-refractivity contribution is -0.168. The molecular weight excluding hydrogens is 328 g/mol. The zero-order valence-corrected chi connectivity index (χ0v) is 13.7. The van der Waals surface area contributed by atoms with E-state index in [2.05, 4.69) is 14.8 Å². The van der Waals surface area contributed by atoms with Crippen molar-refractivity contribution in [3.8, 4) is 0 Å². The predicted molar refractivity (Wildman–Crippen MR) is 83.7 cm³/mol. The van der Waals surface area contributed by atoms with Crippen LogP contribution < -0.4 is 11.1 Å². The molecular formula is C17H18N2O6. The van der Waals surface area contributed by atoms with Gasteiger partial charge in [-0.15, -0.1) is 0 Å². The lowest BCUT2D eigenvalue weighted by atomic mass is 9.79. The van der Waals surface area contributed by atoms with E-state index in [1.165, 1.54) is 0 Å². The van der Waals surface area contributed by atoms with Crippen LogP contribution >= 0.6 is 0 Å². The van der Waals surface area contributed by atoms with Crippen molar-refractivity contribution < 1.29 is 28.7 Å². The van der Waals surface area contributed by atoms with Crippen molar-refractivity contribution in [2.45, 2.75) is 36.8 Å². The maximum atomic E-state index is 11.7. The molecule has 2 heterocycles. The zero-order chi connectivity index (χ0) is 18.2. The van der Waals surface area contributed by atoms with Gasteiger partial charge in [-0.3, -0.25) is 19.2 Å². The maximum absolute atomic E-state index is 11.7. The van der Waals surface area contributed by atoms with Crippen molar-refractivity contribution in [2.75, 3.05) is 7.05 Å². The van der Waals surface area contributed by atoms with Crippen LogP contribution in [0.2, 0.25) is 0 Å². The van der Waals surface area contributed by atoms with Crippen LogP contribution in [0.25, 0.3) is 0 Å². The predicted octanol–water partition coefficient (Wildman–Crippen LogP) is -0.0175. The first-order valence-corrected chi connectivity index (χ1v) is 7.82. The average Bonchev–Trinajstić information content (AvgIpc) is 2.52. The number of benzene rings is 1. The SMILES string of the molecule is CNC1(c2ccc(C3(N)CC(=O)OC(=O)C3)cc2)CC(=O)OC(=O)C1. The van der Waals surface area contributed by atoms with Gasteiger partial charge in [-0.2, -0.15) is 0 Å². The second-order valence-electron chi connectivity index (χ2n) is 6.46. The van der Waals surface area contributed by atoms with E-state index in [1.54, 1.807) is 31.3 Å². The number of hydrogen-bond donors (Lipinski definition) is 2. The molecule has 8 heteroatoms. The van der Waals surface area contributed by atoms with Crippen LogP contribution in [0.4, 0.5) is 0 Å². The summed E-state index contributed by atoms with van der Waals surface area (Å²) in [5, 5.41) is 3.04. The largest absolute Gasteiger partial charge is 0.393 e. The van der Waals surface area contributed by atoms with Gasteiger partial charge < -0.3 is 20.5 Å². The number of carbonyl (C=O) groups is 4. The molecule has 0 aliphatic carbocycles. The average molecular weight is 346 g/mol. The lowest BCUT2D eigenvalue weighted by Gasteiger charge is -2.36. The number of rotatable bonds is 3. The third-order valence-electron chi connectivity index (χ3n) is 4.76. The van der Waals surface area contributed by atoms with E-state index in [1.807, 2.05) is 0 Å². The molecule has 1 aromatic rings. The Morgan fingerprint density at radius 1 is 0.800 bits per heavy atom. The standard InChI is InChI=1S/C17H18N2O6/c1-19-17(8-14(22)25-15(23)9-17)11-4-2-10(3-5-11)16(18)6-12(20)24-13(21)7-16/h2-5,19H,6-9,18H2,1H3. The molecule has 0 amide bonds. The van der Waals surface area contributed by atoms with E-state index in [0.717, 1.165) is 5.56 Å². The molecule has 0 bridgehead atoms. The summed E-state index contributed by atoms with van der Waals surface area (Å²) < 4.78 is 9.12. The molecule has 3 rings (SSSR count). The van der Waals surface area contributed by atoms with Gasteiger partial charge in [0.15, 0.2) is 0 Å². The van der Waals surface area contributed by atoms with E-state index in [0.29, 0.717) is 5.56 Å². The zero-order valence-electron chi connectivity index (χ0n) is 13.7. The highest BCUT2D eigenvalue weighted by Crippen LogP contribution is 2.36. The van der Waals surface area contributed by atoms with Crippen LogP contribution in [0.5, 0.6) is 0 Å². The first-order chi connectivity index (χ1) is 11.8. The number of nitrogens with one attached hydrogen (secondary N) is 1. The van der Waals surface area contributed by atoms with Gasteiger partial charge in [0, 0.05) is 0 Å². The summed E-state index contributed by atoms with van der Waals surface area (Å²) >= 11 is 0. The molecule has 2 saturated heterocycles. The first kappa shape index (κ1) is 17.2. The third-order valence-corrected chi connectivity index (χ3v) is 4.76. The molecule has 132 valence electrons. The van der Waals surface area contributed by atoms with Crippen molar-refractivity contribution in [3.05, 3.63) is 35.4 Å². The second kappa shape index (κ2) is 6.05. The van der Waals surface area contributed by atoms with E-state index in [4.69, 9.17) is 5.73 Å². The molecule has 0 atom stereocenters. The number of nitrogens with two attached hydrogens (primary N) is 1. The molecule has 3 N–H and O–H groups in total. The normalized spacial score (nSPS) is 22.3. The molecule has 0 radical (unpaired) electrons. The minimum absolute atomic E-state index is 0.0210. The van der Waals surface area contributed by atoms with Crippen molar-refractivity contribution in [1.82, 2.24) is 5.32 Å². The van der Waals surface area contributed by atoms with Gasteiger partial charge in [-0.25, -0.2) is 0 Å². The van der Waals surface area contributed by atoms with Crippen molar-refractivity contribution in [2.24, 2.45) is 5.73 Å². The molecule has 2 aliphatic heterocycles. The Morgan fingerprint density at radius 3 is 1.64 bits per heavy atom. The Hall–Kier alpha value is -2.58. The Morgan fingerprint density at radius 2 is 1.20 bits per heavy atom. The smallest absolute Gasteiger partial charge is 0.315 e. The molecule has 2 aliphatic rings. The van der Waals surface area contributed by atoms with Crippen molar-refractivity contribution in [3.63, 3.8) is 0 Å². The van der Waals surface area contributed by atoms with Gasteiger partial charge in [-0.05, 0) is 18.2 Å². The van der Waals surface area contributed by atoms with E-state index in [-0.39, 0.29) is 25.7 Å². The molecule has 0 spiro atoms. The van der Waals surface area contributed by atoms with Crippen LogP contribution in [0.3, 0.4) is 0 Å². The third kappa shape index (κ3) is 3.18. The number of carbonyl (C=O) groups excluding carboxylic acids is 4. The van der Waals surface area contributed by atoms with E-state index in [9.17, 15) is 19.2 Å². The van der Waals surface area contributed by atoms with Crippen LogP contribution in [-0.2, 0) is 39.7 Å². The fourth-order valence-electron chi connectivity index (χ4n) is 3.38. The second-order valence-corrected chi connectivity index (χ2v) is 6.46. The number of hydrogen-bond acceptors (Lipinski definition) is 8. The maximum Gasteiger partial charge on any atom is 0.315 e. The number of ether oxygens (including phenoxy) is 2. The number of esters is 4. The molecule has 1 aromatic carbocycles. The molecule has 25 heavy (non-hydrogen) atoms. The van der Waals surface area contributed by atoms with E-state index >= 15 is 0 Å². The molecule has 0 saturated carbocycles. The molecule has 0 unspecified atom stereocenters. The van der Waals surface area contributed by atoms with Crippen molar-refractivity contribution in [1.29, 1.82) is 0 Å². The highest BCUT2D eigenvalue weighted by molar-refractivity contribution is 5.91. The van der Waals surface area contributed by atoms with Gasteiger partial charge in [0.05, 0.1) is 36.8 Å². The van der Waals surface area contributed by atoms with Gasteiger partial charge in [0.25, 0.3) is 0 Å². The van der Waals surface area contributed by atoms with Crippen molar-refractivity contribution >= 4 is 23.9 Å². The fourth-order valence-corrected chi connectivity index (χ4v) is 3.38.